The molecule has 0 bridgehead atoms. The highest BCUT2D eigenvalue weighted by Crippen LogP contribution is 2.40. The Morgan fingerprint density at radius 1 is 1.30 bits per heavy atom. The molecule has 2 aromatic rings. The Balaban J connectivity index is 1.38. The van der Waals surface area contributed by atoms with Crippen LogP contribution >= 0.6 is 34.9 Å². The fourth-order valence-corrected chi connectivity index (χ4v) is 7.34. The van der Waals surface area contributed by atoms with E-state index in [9.17, 15) is 29.7 Å². The number of para-hydroxylation sites is 1. The molecule has 4 rings (SSSR count). The van der Waals surface area contributed by atoms with E-state index in [0.29, 0.717) is 22.4 Å². The minimum absolute atomic E-state index is 0.0782. The first-order valence-electron chi connectivity index (χ1n) is 11.6. The number of aliphatic hydroxyl groups excluding tert-OH is 2. The number of aliphatic hydroxyl groups is 2. The van der Waals surface area contributed by atoms with Crippen LogP contribution in [0.15, 0.2) is 52.0 Å². The van der Waals surface area contributed by atoms with Crippen LogP contribution in [0.4, 0.5) is 0 Å². The number of carboxylic acid groups (broad SMARTS) is 1. The molecule has 0 saturated carbocycles. The van der Waals surface area contributed by atoms with Crippen LogP contribution < -0.4 is 5.32 Å². The summed E-state index contributed by atoms with van der Waals surface area (Å²) in [6, 6.07) is 6.58. The van der Waals surface area contributed by atoms with Crippen LogP contribution in [0.25, 0.3) is 10.2 Å². The van der Waals surface area contributed by atoms with Gasteiger partial charge < -0.3 is 25.1 Å². The Kier molecular flexibility index (Phi) is 8.61. The van der Waals surface area contributed by atoms with Gasteiger partial charge in [0.2, 0.25) is 5.91 Å². The zero-order valence-electron chi connectivity index (χ0n) is 20.4. The number of nitrogens with zero attached hydrogens (tertiary/aromatic N) is 3. The van der Waals surface area contributed by atoms with E-state index < -0.39 is 23.3 Å². The van der Waals surface area contributed by atoms with Crippen molar-refractivity contribution in [2.24, 2.45) is 0 Å². The Morgan fingerprint density at radius 2 is 2.03 bits per heavy atom. The number of thiazole rings is 1. The molecule has 0 unspecified atom stereocenters. The van der Waals surface area contributed by atoms with Crippen LogP contribution in [-0.2, 0) is 14.4 Å². The number of hydrogen-bond acceptors (Lipinski definition) is 9. The molecule has 1 saturated heterocycles. The van der Waals surface area contributed by atoms with Crippen molar-refractivity contribution in [3.63, 3.8) is 0 Å². The quantitative estimate of drug-likeness (QED) is 0.179. The number of benzene rings is 1. The van der Waals surface area contributed by atoms with Gasteiger partial charge in [-0.1, -0.05) is 30.0 Å². The molecule has 2 amide bonds. The molecule has 1 fully saturated rings. The summed E-state index contributed by atoms with van der Waals surface area (Å²) in [7, 11) is 3.72. The van der Waals surface area contributed by atoms with Crippen molar-refractivity contribution >= 4 is 62.9 Å². The minimum Gasteiger partial charge on any atom is -0.477 e. The number of aromatic nitrogens is 1. The van der Waals surface area contributed by atoms with Gasteiger partial charge in [-0.15, -0.1) is 23.1 Å². The van der Waals surface area contributed by atoms with Crippen molar-refractivity contribution < 1.29 is 34.2 Å². The topological polar surface area (TPSA) is 140 Å². The SMILES string of the molecule is C[N+](C)(CC=CC1=C(C(=O)O)N2C(=O)[C@@H](NC(=O)CSc3nc4ccccc4s3)[C@H]2SC1)C(CO)CO. The number of hydrogen-bond donors (Lipinski definition) is 4. The summed E-state index contributed by atoms with van der Waals surface area (Å²) in [5.41, 5.74) is 1.30. The molecule has 13 heteroatoms. The van der Waals surface area contributed by atoms with E-state index in [2.05, 4.69) is 10.3 Å². The van der Waals surface area contributed by atoms with Crippen molar-refractivity contribution in [3.8, 4) is 0 Å². The fourth-order valence-electron chi connectivity index (χ4n) is 4.14. The van der Waals surface area contributed by atoms with Crippen molar-refractivity contribution in [1.29, 1.82) is 0 Å². The predicted molar refractivity (Wildman–Crippen MR) is 144 cm³/mol. The van der Waals surface area contributed by atoms with E-state index in [1.165, 1.54) is 39.8 Å². The van der Waals surface area contributed by atoms with E-state index in [-0.39, 0.29) is 36.6 Å². The maximum atomic E-state index is 12.9. The number of fused-ring (bicyclic) bond motifs is 2. The third-order valence-electron chi connectivity index (χ3n) is 6.42. The van der Waals surface area contributed by atoms with E-state index in [1.807, 2.05) is 38.4 Å². The highest BCUT2D eigenvalue weighted by atomic mass is 32.2. The third kappa shape index (κ3) is 5.86. The molecule has 10 nitrogen and oxygen atoms in total. The molecule has 0 aliphatic carbocycles. The lowest BCUT2D eigenvalue weighted by atomic mass is 10.0. The molecule has 2 atom stereocenters. The van der Waals surface area contributed by atoms with Crippen LogP contribution in [0.3, 0.4) is 0 Å². The van der Waals surface area contributed by atoms with Gasteiger partial charge >= 0.3 is 5.97 Å². The molecule has 1 aromatic carbocycles. The third-order valence-corrected chi connectivity index (χ3v) is 9.90. The highest BCUT2D eigenvalue weighted by molar-refractivity contribution is 8.01. The van der Waals surface area contributed by atoms with Gasteiger partial charge in [0.05, 0.1) is 49.8 Å². The number of allylic oxidation sites excluding steroid dienone is 1. The first kappa shape index (κ1) is 27.6. The average Bonchev–Trinajstić information content (AvgIpc) is 3.29. The molecule has 0 radical (unpaired) electrons. The van der Waals surface area contributed by atoms with Crippen molar-refractivity contribution in [1.82, 2.24) is 15.2 Å². The molecule has 3 heterocycles. The smallest absolute Gasteiger partial charge is 0.352 e. The minimum atomic E-state index is -1.20. The maximum absolute atomic E-state index is 12.9. The van der Waals surface area contributed by atoms with Gasteiger partial charge in [0, 0.05) is 5.75 Å². The summed E-state index contributed by atoms with van der Waals surface area (Å²) in [6.07, 6.45) is 3.48. The van der Waals surface area contributed by atoms with Crippen LogP contribution in [0.5, 0.6) is 0 Å². The Hall–Kier alpha value is -2.42. The molecule has 198 valence electrons. The monoisotopic (exact) mass is 565 g/mol. The first-order chi connectivity index (χ1) is 17.7. The molecule has 0 spiro atoms. The van der Waals surface area contributed by atoms with E-state index >= 15 is 0 Å². The van der Waals surface area contributed by atoms with Crippen molar-refractivity contribution in [2.45, 2.75) is 21.8 Å². The van der Waals surface area contributed by atoms with Gasteiger partial charge in [-0.2, -0.15) is 0 Å². The predicted octanol–water partition coefficient (Wildman–Crippen LogP) is 1.11. The number of carboxylic acids is 1. The lowest BCUT2D eigenvalue weighted by Gasteiger charge is -2.49. The number of thioether (sulfide) groups is 2. The van der Waals surface area contributed by atoms with E-state index in [0.717, 1.165) is 14.6 Å². The van der Waals surface area contributed by atoms with Gasteiger partial charge in [-0.3, -0.25) is 14.5 Å². The number of likely N-dealkylation sites (N-methyl/N-ethyl adjacent to an activating group) is 1. The molecular formula is C24H29N4O6S3+. The van der Waals surface area contributed by atoms with Gasteiger partial charge in [-0.25, -0.2) is 9.78 Å². The van der Waals surface area contributed by atoms with Crippen molar-refractivity contribution in [3.05, 3.63) is 47.7 Å². The lowest BCUT2D eigenvalue weighted by Crippen LogP contribution is -2.70. The largest absolute Gasteiger partial charge is 0.477 e. The number of aliphatic carboxylic acids is 1. The molecular weight excluding hydrogens is 536 g/mol. The van der Waals surface area contributed by atoms with Gasteiger partial charge in [0.15, 0.2) is 4.34 Å². The summed E-state index contributed by atoms with van der Waals surface area (Å²) < 4.78 is 2.13. The number of amides is 2. The Labute approximate surface area is 226 Å². The molecule has 2 aliphatic rings. The van der Waals surface area contributed by atoms with Crippen molar-refractivity contribution in [2.75, 3.05) is 45.4 Å². The second kappa shape index (κ2) is 11.5. The lowest BCUT2D eigenvalue weighted by molar-refractivity contribution is -0.910. The average molecular weight is 566 g/mol. The zero-order valence-corrected chi connectivity index (χ0v) is 22.8. The number of quaternary nitrogens is 1. The van der Waals surface area contributed by atoms with Crippen LogP contribution in [0, 0.1) is 0 Å². The Bertz CT molecular complexity index is 1220. The summed E-state index contributed by atoms with van der Waals surface area (Å²) >= 11 is 4.21. The Morgan fingerprint density at radius 3 is 2.70 bits per heavy atom. The number of carbonyl (C=O) groups is 3. The molecule has 4 N–H and O–H groups in total. The second-order valence-corrected chi connectivity index (χ2v) is 12.6. The summed E-state index contributed by atoms with van der Waals surface area (Å²) in [6.45, 7) is 0.105. The summed E-state index contributed by atoms with van der Waals surface area (Å²) in [5, 5.41) is 31.1. The second-order valence-electron chi connectivity index (χ2n) is 9.25. The molecule has 2 aliphatic heterocycles. The standard InChI is InChI=1S/C24H28N4O6S3/c1-28(2,15(10-29)11-30)9-5-6-14-12-35-22-19(21(32)27(22)20(14)23(33)34)26-18(31)13-36-24-25-16-7-3-4-8-17(16)37-24/h3-8,15,19,22,29-30H,9-13H2,1-2H3,(H-,26,31,33,34)/p+1/t19-,22-/m1/s1. The normalized spacial score (nSPS) is 20.0. The van der Waals surface area contributed by atoms with E-state index in [1.54, 1.807) is 12.2 Å². The van der Waals surface area contributed by atoms with Gasteiger partial charge in [0.25, 0.3) is 5.91 Å². The van der Waals surface area contributed by atoms with Crippen LogP contribution in [-0.4, -0.2) is 110 Å². The number of rotatable bonds is 11. The maximum Gasteiger partial charge on any atom is 0.352 e. The number of nitrogens with one attached hydrogen (secondary N) is 1. The molecule has 37 heavy (non-hydrogen) atoms. The first-order valence-corrected chi connectivity index (χ1v) is 14.4. The van der Waals surface area contributed by atoms with Crippen LogP contribution in [0.2, 0.25) is 0 Å². The van der Waals surface area contributed by atoms with E-state index in [4.69, 9.17) is 0 Å². The zero-order chi connectivity index (χ0) is 26.7. The van der Waals surface area contributed by atoms with Gasteiger partial charge in [-0.05, 0) is 23.8 Å². The van der Waals surface area contributed by atoms with Crippen LogP contribution in [0.1, 0.15) is 0 Å². The molecule has 1 aromatic heterocycles. The number of carbonyl (C=O) groups excluding carboxylic acids is 2. The number of β-lactam (4-membered cyclic amide) rings is 1. The highest BCUT2D eigenvalue weighted by Gasteiger charge is 2.53. The fraction of sp³-hybridized carbons (Fsp3) is 0.417. The van der Waals surface area contributed by atoms with Gasteiger partial charge in [0.1, 0.15) is 23.2 Å². The summed E-state index contributed by atoms with van der Waals surface area (Å²) in [4.78, 5) is 43.2. The summed E-state index contributed by atoms with van der Waals surface area (Å²) in [5.74, 6) is -1.48.